The van der Waals surface area contributed by atoms with E-state index in [1.165, 1.54) is 33.5 Å². The minimum atomic E-state index is -0.478. The number of aliphatic hydroxyl groups excluding tert-OH is 1. The third-order valence-corrected chi connectivity index (χ3v) is 4.80. The number of hydrogen-bond donors (Lipinski definition) is 1. The molecule has 0 radical (unpaired) electrons. The standard InChI is InChI=1S/C22H24N2O7/c1-22(2)10-13(25)18(14(26)11-22)19(27)12-7-6-8-15(28-3)20(12)31-21-23-16(29-4)9-17(24-21)30-5/h6-9,27H,10-11H2,1-5H3. The number of para-hydroxylation sites is 1. The summed E-state index contributed by atoms with van der Waals surface area (Å²) in [5.41, 5.74) is -0.612. The van der Waals surface area contributed by atoms with Gasteiger partial charge in [0.05, 0.1) is 33.0 Å². The van der Waals surface area contributed by atoms with Crippen LogP contribution in [-0.2, 0) is 9.59 Å². The number of carbonyl (C=O) groups excluding carboxylic acids is 2. The number of hydrogen-bond acceptors (Lipinski definition) is 9. The van der Waals surface area contributed by atoms with Gasteiger partial charge in [-0.05, 0) is 17.5 Å². The van der Waals surface area contributed by atoms with E-state index in [2.05, 4.69) is 9.97 Å². The second kappa shape index (κ2) is 8.63. The van der Waals surface area contributed by atoms with E-state index in [4.69, 9.17) is 18.9 Å². The van der Waals surface area contributed by atoms with Gasteiger partial charge in [0.2, 0.25) is 11.8 Å². The fourth-order valence-corrected chi connectivity index (χ4v) is 3.36. The molecule has 0 saturated heterocycles. The molecule has 1 aromatic carbocycles. The average molecular weight is 428 g/mol. The van der Waals surface area contributed by atoms with Crippen molar-refractivity contribution in [3.63, 3.8) is 0 Å². The van der Waals surface area contributed by atoms with E-state index in [0.29, 0.717) is 0 Å². The minimum Gasteiger partial charge on any atom is -0.506 e. The highest BCUT2D eigenvalue weighted by molar-refractivity contribution is 6.26. The van der Waals surface area contributed by atoms with E-state index >= 15 is 0 Å². The lowest BCUT2D eigenvalue weighted by atomic mass is 9.73. The van der Waals surface area contributed by atoms with Crippen LogP contribution in [0, 0.1) is 5.41 Å². The number of carbonyl (C=O) groups is 2. The van der Waals surface area contributed by atoms with Crippen LogP contribution in [0.2, 0.25) is 0 Å². The zero-order chi connectivity index (χ0) is 22.8. The topological polar surface area (TPSA) is 117 Å². The van der Waals surface area contributed by atoms with Crippen LogP contribution >= 0.6 is 0 Å². The van der Waals surface area contributed by atoms with Crippen molar-refractivity contribution in [2.45, 2.75) is 26.7 Å². The van der Waals surface area contributed by atoms with Crippen LogP contribution in [0.3, 0.4) is 0 Å². The zero-order valence-electron chi connectivity index (χ0n) is 18.0. The molecule has 0 atom stereocenters. The molecule has 3 rings (SSSR count). The summed E-state index contributed by atoms with van der Waals surface area (Å²) in [6.07, 6.45) is 0.295. The number of benzene rings is 1. The summed E-state index contributed by atoms with van der Waals surface area (Å²) in [5.74, 6) is -0.656. The highest BCUT2D eigenvalue weighted by Crippen LogP contribution is 2.41. The first-order chi connectivity index (χ1) is 14.7. The molecule has 1 aliphatic carbocycles. The minimum absolute atomic E-state index is 0.0377. The molecule has 1 fully saturated rings. The second-order valence-corrected chi connectivity index (χ2v) is 7.76. The van der Waals surface area contributed by atoms with Crippen LogP contribution < -0.4 is 18.9 Å². The Morgan fingerprint density at radius 3 is 2.06 bits per heavy atom. The third-order valence-electron chi connectivity index (χ3n) is 4.80. The zero-order valence-corrected chi connectivity index (χ0v) is 18.0. The first kappa shape index (κ1) is 22.1. The highest BCUT2D eigenvalue weighted by Gasteiger charge is 2.38. The van der Waals surface area contributed by atoms with Crippen LogP contribution in [0.15, 0.2) is 29.8 Å². The summed E-state index contributed by atoms with van der Waals surface area (Å²) in [4.78, 5) is 33.5. The number of methoxy groups -OCH3 is 3. The average Bonchev–Trinajstić information content (AvgIpc) is 2.71. The summed E-state index contributed by atoms with van der Waals surface area (Å²) < 4.78 is 21.4. The summed E-state index contributed by atoms with van der Waals surface area (Å²) in [5, 5.41) is 10.9. The molecular weight excluding hydrogens is 404 g/mol. The normalized spacial score (nSPS) is 15.5. The molecule has 164 valence electrons. The summed E-state index contributed by atoms with van der Waals surface area (Å²) in [6.45, 7) is 3.68. The molecule has 1 aromatic heterocycles. The number of nitrogens with zero attached hydrogens (tertiary/aromatic N) is 2. The van der Waals surface area contributed by atoms with Crippen molar-refractivity contribution >= 4 is 17.3 Å². The lowest BCUT2D eigenvalue weighted by molar-refractivity contribution is -0.127. The SMILES string of the molecule is COc1cc(OC)nc(Oc2c(OC)cccc2C(O)=C2C(=O)CC(C)(C)CC2=O)n1. The summed E-state index contributed by atoms with van der Waals surface area (Å²) in [6, 6.07) is 6.05. The van der Waals surface area contributed by atoms with E-state index in [-0.39, 0.29) is 53.2 Å². The molecule has 31 heavy (non-hydrogen) atoms. The predicted octanol–water partition coefficient (Wildman–Crippen LogP) is 3.52. The number of ketones is 2. The van der Waals surface area contributed by atoms with Crippen LogP contribution in [0.1, 0.15) is 32.3 Å². The maximum absolute atomic E-state index is 12.7. The van der Waals surface area contributed by atoms with Gasteiger partial charge in [-0.15, -0.1) is 0 Å². The molecule has 9 nitrogen and oxygen atoms in total. The molecule has 1 N–H and O–H groups in total. The Morgan fingerprint density at radius 2 is 1.55 bits per heavy atom. The van der Waals surface area contributed by atoms with Gasteiger partial charge in [0.15, 0.2) is 23.1 Å². The van der Waals surface area contributed by atoms with Gasteiger partial charge in [0, 0.05) is 12.8 Å². The van der Waals surface area contributed by atoms with E-state index in [1.54, 1.807) is 12.1 Å². The monoisotopic (exact) mass is 428 g/mol. The Hall–Kier alpha value is -3.62. The van der Waals surface area contributed by atoms with Crippen molar-refractivity contribution in [1.29, 1.82) is 0 Å². The highest BCUT2D eigenvalue weighted by atomic mass is 16.5. The van der Waals surface area contributed by atoms with Gasteiger partial charge in [-0.25, -0.2) is 0 Å². The van der Waals surface area contributed by atoms with E-state index in [9.17, 15) is 14.7 Å². The maximum Gasteiger partial charge on any atom is 0.328 e. The Morgan fingerprint density at radius 1 is 0.968 bits per heavy atom. The maximum atomic E-state index is 12.7. The van der Waals surface area contributed by atoms with Gasteiger partial charge in [-0.3, -0.25) is 9.59 Å². The molecule has 0 spiro atoms. The fourth-order valence-electron chi connectivity index (χ4n) is 3.36. The molecule has 0 amide bonds. The number of aromatic nitrogens is 2. The van der Waals surface area contributed by atoms with Crippen molar-refractivity contribution < 1.29 is 33.6 Å². The van der Waals surface area contributed by atoms with E-state index < -0.39 is 22.7 Å². The number of ether oxygens (including phenoxy) is 4. The number of aliphatic hydroxyl groups is 1. The molecular formula is C22H24N2O7. The van der Waals surface area contributed by atoms with Crippen molar-refractivity contribution in [3.05, 3.63) is 35.4 Å². The smallest absolute Gasteiger partial charge is 0.328 e. The first-order valence-corrected chi connectivity index (χ1v) is 9.51. The Bertz CT molecular complexity index is 1020. The van der Waals surface area contributed by atoms with Crippen molar-refractivity contribution in [1.82, 2.24) is 9.97 Å². The predicted molar refractivity (Wildman–Crippen MR) is 111 cm³/mol. The summed E-state index contributed by atoms with van der Waals surface area (Å²) in [7, 11) is 4.28. The summed E-state index contributed by atoms with van der Waals surface area (Å²) >= 11 is 0. The largest absolute Gasteiger partial charge is 0.506 e. The van der Waals surface area contributed by atoms with Crippen molar-refractivity contribution in [2.75, 3.05) is 21.3 Å². The van der Waals surface area contributed by atoms with Crippen LogP contribution in [0.5, 0.6) is 29.3 Å². The number of Topliss-reactive ketones (excluding diaryl/α,β-unsaturated/α-hetero) is 2. The number of rotatable bonds is 6. The van der Waals surface area contributed by atoms with Gasteiger partial charge in [0.1, 0.15) is 11.3 Å². The van der Waals surface area contributed by atoms with Gasteiger partial charge in [-0.2, -0.15) is 9.97 Å². The molecule has 2 aromatic rings. The van der Waals surface area contributed by atoms with Crippen molar-refractivity contribution in [3.8, 4) is 29.3 Å². The van der Waals surface area contributed by atoms with Gasteiger partial charge >= 0.3 is 6.01 Å². The molecule has 0 bridgehead atoms. The second-order valence-electron chi connectivity index (χ2n) is 7.76. The lowest BCUT2D eigenvalue weighted by Gasteiger charge is -2.29. The lowest BCUT2D eigenvalue weighted by Crippen LogP contribution is -2.32. The van der Waals surface area contributed by atoms with E-state index in [1.807, 2.05) is 13.8 Å². The molecule has 0 unspecified atom stereocenters. The van der Waals surface area contributed by atoms with Gasteiger partial charge in [-0.1, -0.05) is 19.9 Å². The van der Waals surface area contributed by atoms with Crippen molar-refractivity contribution in [2.24, 2.45) is 5.41 Å². The molecule has 1 heterocycles. The van der Waals surface area contributed by atoms with E-state index in [0.717, 1.165) is 0 Å². The number of allylic oxidation sites excluding steroid dienone is 1. The first-order valence-electron chi connectivity index (χ1n) is 9.51. The van der Waals surface area contributed by atoms with Gasteiger partial charge < -0.3 is 24.1 Å². The Balaban J connectivity index is 2.12. The van der Waals surface area contributed by atoms with Gasteiger partial charge in [0.25, 0.3) is 0 Å². The Kier molecular flexibility index (Phi) is 6.14. The van der Waals surface area contributed by atoms with Crippen LogP contribution in [-0.4, -0.2) is 48.0 Å². The molecule has 1 saturated carbocycles. The Labute approximate surface area is 179 Å². The quantitative estimate of drug-likeness (QED) is 0.419. The molecule has 9 heteroatoms. The molecule has 1 aliphatic rings. The third kappa shape index (κ3) is 4.60. The van der Waals surface area contributed by atoms with Crippen LogP contribution in [0.25, 0.3) is 5.76 Å². The fraction of sp³-hybridized carbons (Fsp3) is 0.364. The van der Waals surface area contributed by atoms with Crippen LogP contribution in [0.4, 0.5) is 0 Å². The molecule has 0 aliphatic heterocycles.